The Labute approximate surface area is 122 Å². The van der Waals surface area contributed by atoms with E-state index < -0.39 is 10.8 Å². The fraction of sp³-hybridized carbons (Fsp3) is 0.308. The van der Waals surface area contributed by atoms with Crippen LogP contribution in [-0.4, -0.2) is 16.3 Å². The molecule has 0 radical (unpaired) electrons. The standard InChI is InChI=1S/C13H14BrNO3S/c1-9-6-15-13(18-9)8-19(16)7-10-3-4-12(17-2)11(14)5-10/h3-6H,7-8H2,1-2H3/t19-/m1/s1. The largest absolute Gasteiger partial charge is 0.496 e. The van der Waals surface area contributed by atoms with Gasteiger partial charge in [-0.05, 0) is 40.5 Å². The Morgan fingerprint density at radius 2 is 2.21 bits per heavy atom. The first-order valence-corrected chi connectivity index (χ1v) is 7.95. The van der Waals surface area contributed by atoms with Crippen molar-refractivity contribution in [2.45, 2.75) is 18.4 Å². The molecule has 0 saturated carbocycles. The molecule has 0 N–H and O–H groups in total. The second-order valence-corrected chi connectivity index (χ2v) is 6.37. The minimum Gasteiger partial charge on any atom is -0.496 e. The lowest BCUT2D eigenvalue weighted by Crippen LogP contribution is -2.00. The van der Waals surface area contributed by atoms with Crippen molar-refractivity contribution >= 4 is 26.7 Å². The molecule has 0 amide bonds. The molecule has 1 aromatic carbocycles. The average Bonchev–Trinajstić information content (AvgIpc) is 2.74. The number of rotatable bonds is 5. The van der Waals surface area contributed by atoms with Crippen molar-refractivity contribution in [3.05, 3.63) is 46.1 Å². The zero-order chi connectivity index (χ0) is 13.8. The van der Waals surface area contributed by atoms with Crippen molar-refractivity contribution in [1.82, 2.24) is 4.98 Å². The highest BCUT2D eigenvalue weighted by Crippen LogP contribution is 2.26. The number of hydrogen-bond donors (Lipinski definition) is 0. The Kier molecular flexibility index (Phi) is 4.76. The van der Waals surface area contributed by atoms with Crippen molar-refractivity contribution in [3.8, 4) is 5.75 Å². The van der Waals surface area contributed by atoms with Crippen LogP contribution in [0.1, 0.15) is 17.2 Å². The number of benzene rings is 1. The molecule has 2 rings (SSSR count). The Hall–Kier alpha value is -1.14. The number of ether oxygens (including phenoxy) is 1. The maximum Gasteiger partial charge on any atom is 0.206 e. The van der Waals surface area contributed by atoms with Gasteiger partial charge in [0.2, 0.25) is 5.89 Å². The normalized spacial score (nSPS) is 12.4. The summed E-state index contributed by atoms with van der Waals surface area (Å²) in [5.41, 5.74) is 0.981. The minimum atomic E-state index is -1.04. The van der Waals surface area contributed by atoms with E-state index in [2.05, 4.69) is 20.9 Å². The van der Waals surface area contributed by atoms with Gasteiger partial charge in [-0.15, -0.1) is 0 Å². The van der Waals surface area contributed by atoms with Crippen LogP contribution in [0.25, 0.3) is 0 Å². The molecule has 102 valence electrons. The van der Waals surface area contributed by atoms with Gasteiger partial charge >= 0.3 is 0 Å². The first-order chi connectivity index (χ1) is 9.08. The molecule has 1 atom stereocenters. The average molecular weight is 344 g/mol. The zero-order valence-corrected chi connectivity index (χ0v) is 13.1. The maximum absolute atomic E-state index is 12.0. The summed E-state index contributed by atoms with van der Waals surface area (Å²) in [6.45, 7) is 1.82. The van der Waals surface area contributed by atoms with Crippen LogP contribution in [-0.2, 0) is 22.3 Å². The highest BCUT2D eigenvalue weighted by molar-refractivity contribution is 9.10. The van der Waals surface area contributed by atoms with E-state index in [0.717, 1.165) is 21.5 Å². The highest BCUT2D eigenvalue weighted by Gasteiger charge is 2.09. The lowest BCUT2D eigenvalue weighted by Gasteiger charge is -2.05. The van der Waals surface area contributed by atoms with E-state index in [0.29, 0.717) is 17.4 Å². The molecule has 0 fully saturated rings. The van der Waals surface area contributed by atoms with Crippen molar-refractivity contribution in [1.29, 1.82) is 0 Å². The van der Waals surface area contributed by atoms with Gasteiger partial charge < -0.3 is 9.15 Å². The molecule has 4 nitrogen and oxygen atoms in total. The number of aryl methyl sites for hydroxylation is 1. The summed E-state index contributed by atoms with van der Waals surface area (Å²) in [6.07, 6.45) is 1.64. The lowest BCUT2D eigenvalue weighted by atomic mass is 10.2. The van der Waals surface area contributed by atoms with Crippen molar-refractivity contribution in [3.63, 3.8) is 0 Å². The Balaban J connectivity index is 2.00. The lowest BCUT2D eigenvalue weighted by molar-refractivity contribution is 0.412. The summed E-state index contributed by atoms with van der Waals surface area (Å²) in [6, 6.07) is 5.67. The molecule has 19 heavy (non-hydrogen) atoms. The van der Waals surface area contributed by atoms with Crippen molar-refractivity contribution in [2.75, 3.05) is 7.11 Å². The second kappa shape index (κ2) is 6.34. The summed E-state index contributed by atoms with van der Waals surface area (Å²) >= 11 is 3.41. The van der Waals surface area contributed by atoms with Crippen LogP contribution < -0.4 is 4.74 Å². The number of oxazole rings is 1. The van der Waals surface area contributed by atoms with Crippen LogP contribution in [0.3, 0.4) is 0 Å². The molecule has 0 aliphatic heterocycles. The van der Waals surface area contributed by atoms with Crippen LogP contribution in [0.5, 0.6) is 5.75 Å². The number of hydrogen-bond acceptors (Lipinski definition) is 4. The molecule has 1 aromatic heterocycles. The van der Waals surface area contributed by atoms with E-state index in [9.17, 15) is 4.21 Å². The van der Waals surface area contributed by atoms with Gasteiger partial charge in [-0.1, -0.05) is 6.07 Å². The molecule has 0 aliphatic rings. The van der Waals surface area contributed by atoms with E-state index >= 15 is 0 Å². The molecule has 0 unspecified atom stereocenters. The molecule has 2 aromatic rings. The Bertz CT molecular complexity index is 597. The summed E-state index contributed by atoms with van der Waals surface area (Å²) in [4.78, 5) is 4.05. The van der Waals surface area contributed by atoms with Crippen LogP contribution in [0.4, 0.5) is 0 Å². The van der Waals surface area contributed by atoms with E-state index in [1.165, 1.54) is 0 Å². The maximum atomic E-state index is 12.0. The van der Waals surface area contributed by atoms with Gasteiger partial charge in [-0.25, -0.2) is 4.98 Å². The summed E-state index contributed by atoms with van der Waals surface area (Å²) in [7, 11) is 0.571. The number of nitrogens with zero attached hydrogens (tertiary/aromatic N) is 1. The van der Waals surface area contributed by atoms with Crippen LogP contribution in [0.15, 0.2) is 33.3 Å². The topological polar surface area (TPSA) is 52.3 Å². The first kappa shape index (κ1) is 14.3. The summed E-state index contributed by atoms with van der Waals surface area (Å²) < 4.78 is 23.4. The van der Waals surface area contributed by atoms with Gasteiger partial charge in [0.05, 0.1) is 17.8 Å². The molecular weight excluding hydrogens is 330 g/mol. The molecule has 6 heteroatoms. The monoisotopic (exact) mass is 343 g/mol. The SMILES string of the molecule is COc1ccc(C[S@@](=O)Cc2ncc(C)o2)cc1Br. The molecule has 0 bridgehead atoms. The quantitative estimate of drug-likeness (QED) is 0.836. The molecule has 0 spiro atoms. The Morgan fingerprint density at radius 3 is 2.79 bits per heavy atom. The predicted molar refractivity (Wildman–Crippen MR) is 77.5 cm³/mol. The van der Waals surface area contributed by atoms with Crippen LogP contribution >= 0.6 is 15.9 Å². The third-order valence-electron chi connectivity index (χ3n) is 2.50. The molecule has 0 aliphatic carbocycles. The van der Waals surface area contributed by atoms with Gasteiger partial charge in [0.1, 0.15) is 17.3 Å². The zero-order valence-electron chi connectivity index (χ0n) is 10.7. The van der Waals surface area contributed by atoms with E-state index in [-0.39, 0.29) is 0 Å². The number of halogens is 1. The number of methoxy groups -OCH3 is 1. The van der Waals surface area contributed by atoms with Crippen molar-refractivity contribution in [2.24, 2.45) is 0 Å². The van der Waals surface area contributed by atoms with Crippen molar-refractivity contribution < 1.29 is 13.4 Å². The van der Waals surface area contributed by atoms with Gasteiger partial charge in [-0.3, -0.25) is 4.21 Å². The minimum absolute atomic E-state index is 0.331. The molecule has 1 heterocycles. The van der Waals surface area contributed by atoms with Gasteiger partial charge in [0.15, 0.2) is 0 Å². The smallest absolute Gasteiger partial charge is 0.206 e. The Morgan fingerprint density at radius 1 is 1.42 bits per heavy atom. The third-order valence-corrected chi connectivity index (χ3v) is 4.34. The predicted octanol–water partition coefficient (Wildman–Crippen LogP) is 3.20. The first-order valence-electron chi connectivity index (χ1n) is 5.67. The fourth-order valence-corrected chi connectivity index (χ4v) is 3.29. The van der Waals surface area contributed by atoms with Crippen LogP contribution in [0.2, 0.25) is 0 Å². The highest BCUT2D eigenvalue weighted by atomic mass is 79.9. The van der Waals surface area contributed by atoms with E-state index in [4.69, 9.17) is 9.15 Å². The van der Waals surface area contributed by atoms with E-state index in [1.54, 1.807) is 13.3 Å². The number of aromatic nitrogens is 1. The second-order valence-electron chi connectivity index (χ2n) is 4.06. The van der Waals surface area contributed by atoms with Gasteiger partial charge in [-0.2, -0.15) is 0 Å². The van der Waals surface area contributed by atoms with Gasteiger partial charge in [0, 0.05) is 16.6 Å². The molecular formula is C13H14BrNO3S. The van der Waals surface area contributed by atoms with Crippen LogP contribution in [0, 0.1) is 6.92 Å². The third kappa shape index (κ3) is 3.91. The van der Waals surface area contributed by atoms with Gasteiger partial charge in [0.25, 0.3) is 0 Å². The molecule has 0 saturated heterocycles. The summed E-state index contributed by atoms with van der Waals surface area (Å²) in [5.74, 6) is 2.81. The van der Waals surface area contributed by atoms with E-state index in [1.807, 2.05) is 25.1 Å². The summed E-state index contributed by atoms with van der Waals surface area (Å²) in [5, 5.41) is 0. The fourth-order valence-electron chi connectivity index (χ4n) is 1.64.